The summed E-state index contributed by atoms with van der Waals surface area (Å²) in [7, 11) is 0. The predicted octanol–water partition coefficient (Wildman–Crippen LogP) is 4.04. The van der Waals surface area contributed by atoms with Gasteiger partial charge >= 0.3 is 5.97 Å². The molecular formula is C20H19NO3S2. The van der Waals surface area contributed by atoms with E-state index < -0.39 is 5.97 Å². The number of rotatable bonds is 4. The fraction of sp³-hybridized carbons (Fsp3) is 0.300. The molecule has 1 aliphatic heterocycles. The minimum atomic E-state index is -0.990. The number of hydrogen-bond acceptors (Lipinski definition) is 5. The number of aromatic nitrogens is 1. The smallest absolute Gasteiger partial charge is 0.337 e. The minimum Gasteiger partial charge on any atom is -0.493 e. The van der Waals surface area contributed by atoms with Gasteiger partial charge in [0.25, 0.3) is 0 Å². The lowest BCUT2D eigenvalue weighted by Crippen LogP contribution is -2.27. The highest BCUT2D eigenvalue weighted by Gasteiger charge is 2.37. The number of hydrogen-bond donors (Lipinski definition) is 1. The first-order chi connectivity index (χ1) is 12.6. The third-order valence-corrected chi connectivity index (χ3v) is 7.52. The van der Waals surface area contributed by atoms with Gasteiger partial charge in [-0.25, -0.2) is 9.78 Å². The first-order valence-electron chi connectivity index (χ1n) is 8.13. The van der Waals surface area contributed by atoms with Crippen molar-refractivity contribution in [2.75, 3.05) is 19.1 Å². The molecule has 1 aromatic carbocycles. The third-order valence-electron chi connectivity index (χ3n) is 4.35. The second-order valence-electron chi connectivity index (χ2n) is 5.77. The quantitative estimate of drug-likeness (QED) is 0.633. The van der Waals surface area contributed by atoms with Gasteiger partial charge in [0.15, 0.2) is 0 Å². The highest BCUT2D eigenvalue weighted by molar-refractivity contribution is 8.16. The van der Waals surface area contributed by atoms with Crippen LogP contribution in [0, 0.1) is 11.8 Å². The largest absolute Gasteiger partial charge is 0.493 e. The summed E-state index contributed by atoms with van der Waals surface area (Å²) in [6, 6.07) is 9.39. The number of carbonyl (C=O) groups is 1. The van der Waals surface area contributed by atoms with Crippen LogP contribution in [-0.4, -0.2) is 35.2 Å². The van der Waals surface area contributed by atoms with Crippen molar-refractivity contribution in [2.24, 2.45) is 0 Å². The number of aromatic carboxylic acids is 1. The fourth-order valence-electron chi connectivity index (χ4n) is 2.95. The molecule has 0 atom stereocenters. The first kappa shape index (κ1) is 18.7. The van der Waals surface area contributed by atoms with E-state index in [0.717, 1.165) is 17.7 Å². The number of ether oxygens (including phenoxy) is 1. The topological polar surface area (TPSA) is 59.4 Å². The molecule has 1 aromatic heterocycles. The number of carboxylic acid groups (broad SMARTS) is 1. The van der Waals surface area contributed by atoms with E-state index in [9.17, 15) is 4.79 Å². The molecule has 0 saturated heterocycles. The van der Waals surface area contributed by atoms with Gasteiger partial charge < -0.3 is 9.84 Å². The van der Waals surface area contributed by atoms with Crippen LogP contribution in [0.1, 0.15) is 33.6 Å². The highest BCUT2D eigenvalue weighted by atomic mass is 32.2. The molecular weight excluding hydrogens is 366 g/mol. The molecule has 134 valence electrons. The van der Waals surface area contributed by atoms with Crippen molar-refractivity contribution in [1.29, 1.82) is 0 Å². The molecule has 0 saturated carbocycles. The molecule has 4 nitrogen and oxygen atoms in total. The van der Waals surface area contributed by atoms with Crippen LogP contribution in [0.25, 0.3) is 0 Å². The Hall–Kier alpha value is -2.10. The summed E-state index contributed by atoms with van der Waals surface area (Å²) in [5, 5.41) is 8.90. The predicted molar refractivity (Wildman–Crippen MR) is 107 cm³/mol. The molecule has 6 heteroatoms. The Bertz CT molecular complexity index is 865. The minimum absolute atomic E-state index is 0.0330. The van der Waals surface area contributed by atoms with Gasteiger partial charge in [-0.1, -0.05) is 24.1 Å². The van der Waals surface area contributed by atoms with Gasteiger partial charge in [-0.2, -0.15) is 0 Å². The van der Waals surface area contributed by atoms with Gasteiger partial charge in [-0.05, 0) is 30.6 Å². The van der Waals surface area contributed by atoms with Gasteiger partial charge in [0.2, 0.25) is 0 Å². The lowest BCUT2D eigenvalue weighted by molar-refractivity contribution is 0.0696. The Morgan fingerprint density at radius 1 is 1.31 bits per heavy atom. The maximum atomic E-state index is 10.9. The molecule has 0 amide bonds. The van der Waals surface area contributed by atoms with E-state index in [1.54, 1.807) is 6.07 Å². The summed E-state index contributed by atoms with van der Waals surface area (Å²) in [4.78, 5) is 14.9. The summed E-state index contributed by atoms with van der Waals surface area (Å²) in [5.74, 6) is 6.08. The molecule has 0 fully saturated rings. The Morgan fingerprint density at radius 2 is 2.12 bits per heavy atom. The van der Waals surface area contributed by atoms with Crippen LogP contribution >= 0.6 is 23.5 Å². The molecule has 2 aromatic rings. The number of thioether (sulfide) groups is 2. The number of fused-ring (bicyclic) bond motifs is 1. The van der Waals surface area contributed by atoms with E-state index in [4.69, 9.17) is 9.84 Å². The highest BCUT2D eigenvalue weighted by Crippen LogP contribution is 2.53. The average Bonchev–Trinajstić information content (AvgIpc) is 2.68. The van der Waals surface area contributed by atoms with Crippen molar-refractivity contribution in [3.8, 4) is 17.6 Å². The lowest BCUT2D eigenvalue weighted by atomic mass is 9.99. The second kappa shape index (κ2) is 8.07. The Morgan fingerprint density at radius 3 is 2.77 bits per heavy atom. The molecule has 3 rings (SSSR count). The summed E-state index contributed by atoms with van der Waals surface area (Å²) in [5.41, 5.74) is 3.02. The van der Waals surface area contributed by atoms with Crippen LogP contribution in [-0.2, 0) is 10.5 Å². The van der Waals surface area contributed by atoms with E-state index in [0.29, 0.717) is 18.7 Å². The number of nitrogens with zero attached hydrogens (tertiary/aromatic N) is 1. The standard InChI is InChI=1S/C20H19NO3S2/c1-25-20(26-2)11-12-24-18-14(6-4-8-17(18)20)5-3-7-16-10-9-15(13-21-16)19(22)23/h4,6,8-10,13H,5,11-12H2,1-2H3,(H,22,23). The number of benzene rings is 1. The van der Waals surface area contributed by atoms with E-state index in [-0.39, 0.29) is 9.64 Å². The Labute approximate surface area is 161 Å². The van der Waals surface area contributed by atoms with Crippen molar-refractivity contribution >= 4 is 29.5 Å². The van der Waals surface area contributed by atoms with Gasteiger partial charge in [0, 0.05) is 30.2 Å². The molecule has 0 spiro atoms. The normalized spacial score (nSPS) is 14.5. The molecule has 1 N–H and O–H groups in total. The summed E-state index contributed by atoms with van der Waals surface area (Å²) in [6.07, 6.45) is 7.15. The second-order valence-corrected chi connectivity index (χ2v) is 8.24. The third kappa shape index (κ3) is 3.69. The van der Waals surface area contributed by atoms with Gasteiger partial charge in [0.05, 0.1) is 16.2 Å². The van der Waals surface area contributed by atoms with Crippen LogP contribution in [0.4, 0.5) is 0 Å². The van der Waals surface area contributed by atoms with E-state index in [1.807, 2.05) is 29.6 Å². The lowest BCUT2D eigenvalue weighted by Gasteiger charge is -2.36. The summed E-state index contributed by atoms with van der Waals surface area (Å²) in [6.45, 7) is 0.706. The van der Waals surface area contributed by atoms with Crippen molar-refractivity contribution in [3.63, 3.8) is 0 Å². The zero-order valence-electron chi connectivity index (χ0n) is 14.6. The summed E-state index contributed by atoms with van der Waals surface area (Å²) >= 11 is 3.72. The Kier molecular flexibility index (Phi) is 5.80. The van der Waals surface area contributed by atoms with Crippen LogP contribution in [0.3, 0.4) is 0 Å². The number of pyridine rings is 1. The van der Waals surface area contributed by atoms with Crippen LogP contribution < -0.4 is 4.74 Å². The number of para-hydroxylation sites is 1. The SMILES string of the molecule is CSC1(SC)CCOc2c(CC#Cc3ccc(C(=O)O)cn3)cccc21. The molecule has 0 aliphatic carbocycles. The van der Waals surface area contributed by atoms with Crippen molar-refractivity contribution in [2.45, 2.75) is 16.9 Å². The van der Waals surface area contributed by atoms with Gasteiger partial charge in [-0.15, -0.1) is 23.5 Å². The zero-order chi connectivity index (χ0) is 18.6. The van der Waals surface area contributed by atoms with Crippen molar-refractivity contribution in [1.82, 2.24) is 4.98 Å². The molecule has 0 unspecified atom stereocenters. The molecule has 26 heavy (non-hydrogen) atoms. The maximum Gasteiger partial charge on any atom is 0.337 e. The van der Waals surface area contributed by atoms with E-state index in [2.05, 4.69) is 41.5 Å². The zero-order valence-corrected chi connectivity index (χ0v) is 16.2. The van der Waals surface area contributed by atoms with Crippen molar-refractivity contribution < 1.29 is 14.6 Å². The maximum absolute atomic E-state index is 10.9. The average molecular weight is 386 g/mol. The van der Waals surface area contributed by atoms with E-state index in [1.165, 1.54) is 17.8 Å². The van der Waals surface area contributed by atoms with Crippen molar-refractivity contribution in [3.05, 3.63) is 58.9 Å². The van der Waals surface area contributed by atoms with E-state index >= 15 is 0 Å². The molecule has 0 radical (unpaired) electrons. The van der Waals surface area contributed by atoms with Gasteiger partial charge in [-0.3, -0.25) is 0 Å². The monoisotopic (exact) mass is 385 g/mol. The Balaban J connectivity index is 1.83. The van der Waals surface area contributed by atoms with Crippen LogP contribution in [0.5, 0.6) is 5.75 Å². The number of carboxylic acids is 1. The molecule has 1 aliphatic rings. The molecule has 2 heterocycles. The van der Waals surface area contributed by atoms with Crippen LogP contribution in [0.15, 0.2) is 36.5 Å². The summed E-state index contributed by atoms with van der Waals surface area (Å²) < 4.78 is 6.02. The van der Waals surface area contributed by atoms with Gasteiger partial charge in [0.1, 0.15) is 11.4 Å². The molecule has 0 bridgehead atoms. The fourth-order valence-corrected chi connectivity index (χ4v) is 4.95. The first-order valence-corrected chi connectivity index (χ1v) is 10.6. The van der Waals surface area contributed by atoms with Crippen LogP contribution in [0.2, 0.25) is 0 Å².